The molecule has 0 radical (unpaired) electrons. The fraction of sp³-hybridized carbons (Fsp3) is 0.400. The van der Waals surface area contributed by atoms with Gasteiger partial charge in [0.2, 0.25) is 0 Å². The first-order valence-corrected chi connectivity index (χ1v) is 5.14. The summed E-state index contributed by atoms with van der Waals surface area (Å²) in [5.41, 5.74) is 0.195. The average Bonchev–Trinajstić information content (AvgIpc) is 2.14. The van der Waals surface area contributed by atoms with E-state index in [0.717, 1.165) is 10.2 Å². The molecule has 1 saturated carbocycles. The van der Waals surface area contributed by atoms with Crippen molar-refractivity contribution in [1.29, 1.82) is 0 Å². The van der Waals surface area contributed by atoms with Crippen LogP contribution in [0.1, 0.15) is 18.5 Å². The number of aliphatic hydroxyl groups is 1. The molecule has 3 nitrogen and oxygen atoms in total. The van der Waals surface area contributed by atoms with Crippen molar-refractivity contribution in [3.8, 4) is 0 Å². The van der Waals surface area contributed by atoms with Gasteiger partial charge in [-0.1, -0.05) is 0 Å². The van der Waals surface area contributed by atoms with Gasteiger partial charge in [-0.05, 0) is 28.1 Å². The lowest BCUT2D eigenvalue weighted by atomic mass is 9.72. The van der Waals surface area contributed by atoms with Crippen molar-refractivity contribution in [2.45, 2.75) is 24.5 Å². The number of pyridine rings is 1. The first kappa shape index (κ1) is 9.63. The molecule has 0 unspecified atom stereocenters. The van der Waals surface area contributed by atoms with Crippen molar-refractivity contribution >= 4 is 15.9 Å². The van der Waals surface area contributed by atoms with Crippen molar-refractivity contribution in [1.82, 2.24) is 4.98 Å². The lowest BCUT2D eigenvalue weighted by Gasteiger charge is -2.33. The predicted octanol–water partition coefficient (Wildman–Crippen LogP) is 2.11. The molecule has 0 aromatic carbocycles. The predicted molar refractivity (Wildman–Crippen MR) is 55.5 cm³/mol. The number of halogens is 1. The van der Waals surface area contributed by atoms with Crippen LogP contribution in [-0.4, -0.2) is 16.2 Å². The Balaban J connectivity index is 2.31. The number of hydrogen-bond acceptors (Lipinski definition) is 2. The van der Waals surface area contributed by atoms with E-state index in [1.54, 1.807) is 6.20 Å². The summed E-state index contributed by atoms with van der Waals surface area (Å²) in [4.78, 5) is 7.79. The zero-order valence-corrected chi connectivity index (χ0v) is 9.03. The summed E-state index contributed by atoms with van der Waals surface area (Å²) in [6.07, 6.45) is 2.36. The number of rotatable bonds is 1. The summed E-state index contributed by atoms with van der Waals surface area (Å²) in [6.45, 7) is 7.15. The molecule has 1 fully saturated rings. The minimum Gasteiger partial charge on any atom is -0.392 e. The highest BCUT2D eigenvalue weighted by atomic mass is 79.9. The van der Waals surface area contributed by atoms with Gasteiger partial charge in [-0.2, -0.15) is 0 Å². The topological polar surface area (TPSA) is 37.5 Å². The van der Waals surface area contributed by atoms with Crippen molar-refractivity contribution in [3.63, 3.8) is 0 Å². The summed E-state index contributed by atoms with van der Waals surface area (Å²) >= 11 is 3.30. The van der Waals surface area contributed by atoms with Gasteiger partial charge < -0.3 is 9.95 Å². The zero-order valence-electron chi connectivity index (χ0n) is 7.44. The molecular formula is C10H9BrN2O. The molecule has 1 aromatic heterocycles. The molecule has 1 heterocycles. The highest BCUT2D eigenvalue weighted by Crippen LogP contribution is 2.44. The molecule has 14 heavy (non-hydrogen) atoms. The Hall–Kier alpha value is -0.920. The summed E-state index contributed by atoms with van der Waals surface area (Å²) in [7, 11) is 0. The SMILES string of the molecule is [C-]#[N+]C1(c2ccc(Br)cn2)CC(O)C1. The summed E-state index contributed by atoms with van der Waals surface area (Å²) < 4.78 is 0.904. The van der Waals surface area contributed by atoms with Gasteiger partial charge in [-0.3, -0.25) is 4.98 Å². The Labute approximate surface area is 90.7 Å². The fourth-order valence-electron chi connectivity index (χ4n) is 1.73. The average molecular weight is 253 g/mol. The van der Waals surface area contributed by atoms with Crippen molar-refractivity contribution in [3.05, 3.63) is 39.9 Å². The van der Waals surface area contributed by atoms with E-state index in [9.17, 15) is 5.11 Å². The first-order valence-electron chi connectivity index (χ1n) is 4.35. The maximum atomic E-state index is 9.25. The summed E-state index contributed by atoms with van der Waals surface area (Å²) in [5.74, 6) is 0. The van der Waals surface area contributed by atoms with E-state index in [0.29, 0.717) is 12.8 Å². The third-order valence-corrected chi connectivity index (χ3v) is 3.03. The first-order chi connectivity index (χ1) is 6.66. The second-order valence-corrected chi connectivity index (χ2v) is 4.48. The molecule has 0 bridgehead atoms. The standard InChI is InChI=1S/C10H9BrN2O/c1-12-10(4-8(14)5-10)9-3-2-7(11)6-13-9/h2-3,6,8,14H,4-5H2. The summed E-state index contributed by atoms with van der Waals surface area (Å²) in [6, 6.07) is 3.72. The van der Waals surface area contributed by atoms with Crippen molar-refractivity contribution in [2.24, 2.45) is 0 Å². The van der Waals surface area contributed by atoms with Gasteiger partial charge in [0.15, 0.2) is 0 Å². The van der Waals surface area contributed by atoms with E-state index in [2.05, 4.69) is 25.8 Å². The Bertz CT molecular complexity index is 376. The minimum atomic E-state index is -0.569. The van der Waals surface area contributed by atoms with E-state index >= 15 is 0 Å². The Morgan fingerprint density at radius 3 is 2.71 bits per heavy atom. The fourth-order valence-corrected chi connectivity index (χ4v) is 1.96. The van der Waals surface area contributed by atoms with Gasteiger partial charge in [0.1, 0.15) is 5.69 Å². The number of aliphatic hydroxyl groups excluding tert-OH is 1. The van der Waals surface area contributed by atoms with E-state index in [4.69, 9.17) is 6.57 Å². The second-order valence-electron chi connectivity index (χ2n) is 3.57. The summed E-state index contributed by atoms with van der Waals surface area (Å²) in [5, 5.41) is 9.25. The molecule has 72 valence electrons. The van der Waals surface area contributed by atoms with Gasteiger partial charge >= 0.3 is 0 Å². The van der Waals surface area contributed by atoms with Crippen LogP contribution in [0, 0.1) is 6.57 Å². The van der Waals surface area contributed by atoms with E-state index < -0.39 is 5.54 Å². The molecule has 2 rings (SSSR count). The normalized spacial score (nSPS) is 30.5. The number of nitrogens with zero attached hydrogens (tertiary/aromatic N) is 2. The van der Waals surface area contributed by atoms with E-state index in [-0.39, 0.29) is 6.10 Å². The lowest BCUT2D eigenvalue weighted by molar-refractivity contribution is 0.0382. The van der Waals surface area contributed by atoms with E-state index in [1.165, 1.54) is 0 Å². The quantitative estimate of drug-likeness (QED) is 0.778. The molecule has 0 atom stereocenters. The van der Waals surface area contributed by atoms with Crippen LogP contribution in [0.5, 0.6) is 0 Å². The van der Waals surface area contributed by atoms with Crippen LogP contribution < -0.4 is 0 Å². The molecule has 1 N–H and O–H groups in total. The number of aromatic nitrogens is 1. The molecule has 4 heteroatoms. The maximum Gasteiger partial charge on any atom is 0.278 e. The van der Waals surface area contributed by atoms with Crippen LogP contribution in [0.3, 0.4) is 0 Å². The Kier molecular flexibility index (Phi) is 2.30. The lowest BCUT2D eigenvalue weighted by Crippen LogP contribution is -2.42. The molecule has 0 saturated heterocycles. The second kappa shape index (κ2) is 3.34. The molecule has 1 aromatic rings. The van der Waals surface area contributed by atoms with Crippen LogP contribution in [0.15, 0.2) is 22.8 Å². The van der Waals surface area contributed by atoms with Gasteiger partial charge in [0.05, 0.1) is 18.9 Å². The third-order valence-electron chi connectivity index (χ3n) is 2.56. The number of hydrogen-bond donors (Lipinski definition) is 1. The molecule has 1 aliphatic carbocycles. The van der Waals surface area contributed by atoms with Gasteiger partial charge in [-0.15, -0.1) is 0 Å². The van der Waals surface area contributed by atoms with Crippen LogP contribution in [-0.2, 0) is 5.54 Å². The molecule has 0 spiro atoms. The van der Waals surface area contributed by atoms with Crippen LogP contribution in [0.25, 0.3) is 4.85 Å². The van der Waals surface area contributed by atoms with Crippen molar-refractivity contribution < 1.29 is 5.11 Å². The molecule has 1 aliphatic rings. The smallest absolute Gasteiger partial charge is 0.278 e. The third kappa shape index (κ3) is 1.43. The van der Waals surface area contributed by atoms with E-state index in [1.807, 2.05) is 12.1 Å². The molecule has 0 amide bonds. The largest absolute Gasteiger partial charge is 0.392 e. The molecule has 0 aliphatic heterocycles. The maximum absolute atomic E-state index is 9.25. The van der Waals surface area contributed by atoms with Gasteiger partial charge in [0, 0.05) is 10.7 Å². The monoisotopic (exact) mass is 252 g/mol. The minimum absolute atomic E-state index is 0.338. The molecular weight excluding hydrogens is 244 g/mol. The van der Waals surface area contributed by atoms with Gasteiger partial charge in [0.25, 0.3) is 5.54 Å². The zero-order chi connectivity index (χ0) is 10.2. The van der Waals surface area contributed by atoms with Crippen LogP contribution in [0.2, 0.25) is 0 Å². The van der Waals surface area contributed by atoms with Crippen LogP contribution >= 0.6 is 15.9 Å². The van der Waals surface area contributed by atoms with Gasteiger partial charge in [-0.25, -0.2) is 6.57 Å². The highest BCUT2D eigenvalue weighted by molar-refractivity contribution is 9.10. The Morgan fingerprint density at radius 1 is 1.57 bits per heavy atom. The van der Waals surface area contributed by atoms with Crippen molar-refractivity contribution in [2.75, 3.05) is 0 Å². The Morgan fingerprint density at radius 2 is 2.29 bits per heavy atom. The van der Waals surface area contributed by atoms with Crippen LogP contribution in [0.4, 0.5) is 0 Å². The highest BCUT2D eigenvalue weighted by Gasteiger charge is 2.53.